The highest BCUT2D eigenvalue weighted by molar-refractivity contribution is 6.25. The van der Waals surface area contributed by atoms with Crippen molar-refractivity contribution in [2.75, 3.05) is 0 Å². The van der Waals surface area contributed by atoms with E-state index in [4.69, 9.17) is 9.97 Å². The SMILES string of the molecule is c1ccc(-c2nc3cccc4c5cc(-n6c7ccccc7c7cc8c9cc(-c%10cccc(-c%11nc%12cccc%13c%14cc(-n%15c%16ccccc%16c%16ccc%17c%18ccccc%18n(-c%18ccccc%18)c%17c%16%15)ccc%14c%11n%12%13)c%10)ccc9n(-c9ccccc9)c8cc76)ccc5c2n34)cc1. The van der Waals surface area contributed by atoms with Gasteiger partial charge in [0.15, 0.2) is 0 Å². The predicted octanol–water partition coefficient (Wildman–Crippen LogP) is 21.9. The van der Waals surface area contributed by atoms with E-state index in [1.165, 1.54) is 92.2 Å². The minimum absolute atomic E-state index is 0.929. The number of hydrogen-bond acceptors (Lipinski definition) is 2. The van der Waals surface area contributed by atoms with Crippen molar-refractivity contribution in [2.24, 2.45) is 0 Å². The maximum Gasteiger partial charge on any atom is 0.138 e. The molecule has 0 N–H and O–H groups in total. The Morgan fingerprint density at radius 3 is 1.17 bits per heavy atom. The molecule has 0 aliphatic heterocycles. The molecule has 12 aromatic carbocycles. The van der Waals surface area contributed by atoms with E-state index in [0.29, 0.717) is 0 Å². The van der Waals surface area contributed by atoms with E-state index < -0.39 is 0 Å². The topological polar surface area (TPSA) is 54.3 Å². The molecule has 0 saturated heterocycles. The monoisotopic (exact) mass is 1190 g/mol. The van der Waals surface area contributed by atoms with E-state index in [0.717, 1.165) is 106 Å². The highest BCUT2D eigenvalue weighted by Gasteiger charge is 2.27. The summed E-state index contributed by atoms with van der Waals surface area (Å²) in [6, 6.07) is 112. The molecule has 0 saturated carbocycles. The van der Waals surface area contributed by atoms with Gasteiger partial charge in [-0.3, -0.25) is 8.80 Å². The summed E-state index contributed by atoms with van der Waals surface area (Å²) in [5, 5.41) is 14.5. The molecule has 0 amide bonds. The second-order valence-electron chi connectivity index (χ2n) is 25.3. The van der Waals surface area contributed by atoms with E-state index in [-0.39, 0.29) is 0 Å². The molecule has 0 bridgehead atoms. The van der Waals surface area contributed by atoms with Crippen molar-refractivity contribution >= 4 is 142 Å². The molecule has 10 heterocycles. The van der Waals surface area contributed by atoms with Crippen LogP contribution in [-0.2, 0) is 0 Å². The molecule has 0 unspecified atom stereocenters. The van der Waals surface area contributed by atoms with Crippen LogP contribution in [0.25, 0.3) is 199 Å². The van der Waals surface area contributed by atoms with Gasteiger partial charge in [-0.1, -0.05) is 182 Å². The molecular weight excluding hydrogens is 1150 g/mol. The number of aromatic nitrogens is 8. The average Bonchev–Trinajstić information content (AvgIpc) is 1.56. The van der Waals surface area contributed by atoms with Crippen molar-refractivity contribution in [1.82, 2.24) is 37.0 Å². The van der Waals surface area contributed by atoms with Crippen molar-refractivity contribution in [2.45, 2.75) is 0 Å². The number of fused-ring (bicyclic) bond motifs is 19. The van der Waals surface area contributed by atoms with Gasteiger partial charge in [0, 0.05) is 98.5 Å². The summed E-state index contributed by atoms with van der Waals surface area (Å²) in [7, 11) is 0. The smallest absolute Gasteiger partial charge is 0.138 e. The van der Waals surface area contributed by atoms with Crippen LogP contribution in [0, 0.1) is 0 Å². The van der Waals surface area contributed by atoms with Crippen LogP contribution in [0.3, 0.4) is 0 Å². The molecule has 0 spiro atoms. The first-order chi connectivity index (χ1) is 46.6. The normalized spacial score (nSPS) is 12.5. The van der Waals surface area contributed by atoms with Crippen molar-refractivity contribution in [3.05, 3.63) is 303 Å². The van der Waals surface area contributed by atoms with Crippen LogP contribution in [0.1, 0.15) is 0 Å². The van der Waals surface area contributed by atoms with E-state index in [1.807, 2.05) is 0 Å². The summed E-state index contributed by atoms with van der Waals surface area (Å²) in [6.45, 7) is 0. The van der Waals surface area contributed by atoms with Gasteiger partial charge in [-0.25, -0.2) is 9.97 Å². The highest BCUT2D eigenvalue weighted by atomic mass is 15.1. The van der Waals surface area contributed by atoms with E-state index in [9.17, 15) is 0 Å². The largest absolute Gasteiger partial charge is 0.309 e. The fourth-order valence-electron chi connectivity index (χ4n) is 16.5. The zero-order valence-corrected chi connectivity index (χ0v) is 50.4. The Bertz CT molecular complexity index is 6950. The quantitative estimate of drug-likeness (QED) is 0.160. The summed E-state index contributed by atoms with van der Waals surface area (Å²) in [6.07, 6.45) is 0. The fourth-order valence-corrected chi connectivity index (χ4v) is 16.5. The number of pyridine rings is 2. The number of hydrogen-bond donors (Lipinski definition) is 0. The van der Waals surface area contributed by atoms with Gasteiger partial charge in [0.25, 0.3) is 0 Å². The summed E-state index contributed by atoms with van der Waals surface area (Å²) < 4.78 is 14.6. The van der Waals surface area contributed by atoms with Gasteiger partial charge in [-0.15, -0.1) is 0 Å². The molecule has 0 fully saturated rings. The van der Waals surface area contributed by atoms with Crippen molar-refractivity contribution in [3.8, 4) is 56.4 Å². The standard InChI is InChI=1S/C86H50N8/c1-4-19-51(20-5-1)81-83-64-40-38-57(47-67(64)74-33-17-35-79(87-81)93(74)83)90-71-30-13-12-29-61(71)69-49-70-66-46-53(37-44-76(66)89(78(70)50-77(69)90)55-23-6-2-7-24-55)52-21-16-22-54(45-52)82-84-65-41-39-58(48-68(65)75-34-18-36-80(88-82)94(75)84)92-73-32-15-11-28-60(73)63-43-42-62-59-27-10-14-31-72(59)91(85(62)86(63)92)56-25-8-3-9-26-56/h1-50H. The molecule has 94 heavy (non-hydrogen) atoms. The Hall–Kier alpha value is -12.8. The van der Waals surface area contributed by atoms with Crippen molar-refractivity contribution < 1.29 is 0 Å². The van der Waals surface area contributed by atoms with E-state index in [1.54, 1.807) is 0 Å². The third kappa shape index (κ3) is 6.64. The van der Waals surface area contributed by atoms with Gasteiger partial charge in [0.1, 0.15) is 11.3 Å². The van der Waals surface area contributed by atoms with E-state index in [2.05, 4.69) is 330 Å². The number of rotatable bonds is 7. The summed E-state index contributed by atoms with van der Waals surface area (Å²) in [4.78, 5) is 10.7. The Morgan fingerprint density at radius 1 is 0.181 bits per heavy atom. The molecule has 10 aromatic heterocycles. The molecule has 8 nitrogen and oxygen atoms in total. The summed E-state index contributed by atoms with van der Waals surface area (Å²) in [5.74, 6) is 0. The number of benzene rings is 12. The van der Waals surface area contributed by atoms with Crippen LogP contribution in [0.4, 0.5) is 0 Å². The maximum absolute atomic E-state index is 5.47. The van der Waals surface area contributed by atoms with Crippen LogP contribution in [0.5, 0.6) is 0 Å². The first-order valence-corrected chi connectivity index (χ1v) is 32.2. The summed E-state index contributed by atoms with van der Waals surface area (Å²) >= 11 is 0. The first-order valence-electron chi connectivity index (χ1n) is 32.2. The lowest BCUT2D eigenvalue weighted by Crippen LogP contribution is -1.98. The van der Waals surface area contributed by atoms with Gasteiger partial charge in [0.05, 0.1) is 77.6 Å². The second kappa shape index (κ2) is 18.4. The average molecular weight is 1200 g/mol. The Labute approximate surface area is 535 Å². The third-order valence-electron chi connectivity index (χ3n) is 20.4. The molecule has 434 valence electrons. The van der Waals surface area contributed by atoms with Crippen LogP contribution in [0.15, 0.2) is 303 Å². The minimum Gasteiger partial charge on any atom is -0.309 e. The van der Waals surface area contributed by atoms with Crippen molar-refractivity contribution in [1.29, 1.82) is 0 Å². The molecule has 0 aliphatic carbocycles. The van der Waals surface area contributed by atoms with Crippen LogP contribution in [-0.4, -0.2) is 37.0 Å². The third-order valence-corrected chi connectivity index (χ3v) is 20.4. The van der Waals surface area contributed by atoms with E-state index >= 15 is 0 Å². The highest BCUT2D eigenvalue weighted by Crippen LogP contribution is 2.47. The fraction of sp³-hybridized carbons (Fsp3) is 0. The maximum atomic E-state index is 5.47. The molecular formula is C86H50N8. The van der Waals surface area contributed by atoms with Gasteiger partial charge < -0.3 is 18.3 Å². The lowest BCUT2D eigenvalue weighted by Gasteiger charge is -2.13. The lowest BCUT2D eigenvalue weighted by atomic mass is 9.99. The zero-order chi connectivity index (χ0) is 61.0. The minimum atomic E-state index is 0.929. The molecule has 0 atom stereocenters. The molecule has 0 aliphatic rings. The molecule has 22 rings (SSSR count). The van der Waals surface area contributed by atoms with Gasteiger partial charge in [-0.05, 0) is 132 Å². The predicted molar refractivity (Wildman–Crippen MR) is 390 cm³/mol. The Kier molecular flexibility index (Phi) is 9.81. The molecule has 0 radical (unpaired) electrons. The summed E-state index contributed by atoms with van der Waals surface area (Å²) in [5.41, 5.74) is 26.7. The Balaban J connectivity index is 0.704. The van der Waals surface area contributed by atoms with Gasteiger partial charge in [0.2, 0.25) is 0 Å². The van der Waals surface area contributed by atoms with Gasteiger partial charge in [-0.2, -0.15) is 0 Å². The Morgan fingerprint density at radius 2 is 0.564 bits per heavy atom. The zero-order valence-electron chi connectivity index (χ0n) is 50.4. The lowest BCUT2D eigenvalue weighted by molar-refractivity contribution is 1.15. The van der Waals surface area contributed by atoms with Crippen LogP contribution >= 0.6 is 0 Å². The van der Waals surface area contributed by atoms with Crippen LogP contribution in [0.2, 0.25) is 0 Å². The van der Waals surface area contributed by atoms with Crippen molar-refractivity contribution in [3.63, 3.8) is 0 Å². The first kappa shape index (κ1) is 50.0. The second-order valence-corrected chi connectivity index (χ2v) is 25.3. The molecule has 22 aromatic rings. The number of para-hydroxylation sites is 5. The van der Waals surface area contributed by atoms with Gasteiger partial charge >= 0.3 is 0 Å². The number of imidazole rings is 2. The number of nitrogens with zero attached hydrogens (tertiary/aromatic N) is 8. The van der Waals surface area contributed by atoms with Crippen LogP contribution < -0.4 is 0 Å². The molecule has 8 heteroatoms.